The van der Waals surface area contributed by atoms with E-state index in [1.165, 1.54) is 49.0 Å². The summed E-state index contributed by atoms with van der Waals surface area (Å²) in [5.74, 6) is -0.462. The smallest absolute Gasteiger partial charge is 0.333 e. The van der Waals surface area contributed by atoms with Crippen molar-refractivity contribution in [1.82, 2.24) is 10.0 Å². The van der Waals surface area contributed by atoms with Crippen molar-refractivity contribution in [3.05, 3.63) is 68.8 Å². The zero-order valence-corrected chi connectivity index (χ0v) is 19.4. The van der Waals surface area contributed by atoms with E-state index in [1.807, 2.05) is 6.26 Å². The molecule has 0 saturated carbocycles. The Morgan fingerprint density at radius 1 is 1.06 bits per heavy atom. The summed E-state index contributed by atoms with van der Waals surface area (Å²) in [6, 6.07) is 9.42. The normalized spacial score (nSPS) is 12.4. The molecule has 2 aromatic carbocycles. The minimum atomic E-state index is -0.998. The molecule has 0 aliphatic carbocycles. The number of ether oxygens (including phenoxy) is 1. The predicted octanol–water partition coefficient (Wildman–Crippen LogP) is 3.33. The third-order valence-corrected chi connectivity index (χ3v) is 5.89. The fourth-order valence-corrected chi connectivity index (χ4v) is 3.88. The number of carbonyl (C=O) groups is 2. The highest BCUT2D eigenvalue weighted by atomic mass is 32.2. The molecule has 0 unspecified atom stereocenters. The van der Waals surface area contributed by atoms with Crippen LogP contribution in [-0.2, 0) is 9.59 Å². The standard InChI is InChI=1S/C20H22N4O7S2/c1-13(20(26)31-15-9-7-14(8-10-15)23(27)28)21-19(25)16(11-12-32-2)22-33-18-6-4-3-5-17(18)24(29)30/h3-10,13,16,22H,11-12H2,1-2H3,(H,21,25)/t13-,16-/m0/s1. The Labute approximate surface area is 198 Å². The Hall–Kier alpha value is -3.16. The topological polar surface area (TPSA) is 154 Å². The Balaban J connectivity index is 1.99. The SMILES string of the molecule is CSCC[C@H](NSc1ccccc1[N+](=O)[O-])C(=O)N[C@@H](C)C(=O)Oc1ccc([N+](=O)[O-])cc1. The predicted molar refractivity (Wildman–Crippen MR) is 125 cm³/mol. The van der Waals surface area contributed by atoms with Crippen LogP contribution in [0.5, 0.6) is 5.75 Å². The van der Waals surface area contributed by atoms with E-state index in [-0.39, 0.29) is 17.1 Å². The first-order valence-electron chi connectivity index (χ1n) is 9.64. The third kappa shape index (κ3) is 8.04. The second-order valence-corrected chi connectivity index (χ2v) is 8.55. The molecule has 176 valence electrons. The summed E-state index contributed by atoms with van der Waals surface area (Å²) in [6.07, 6.45) is 2.30. The van der Waals surface area contributed by atoms with Gasteiger partial charge in [-0.15, -0.1) is 0 Å². The van der Waals surface area contributed by atoms with Crippen molar-refractivity contribution in [1.29, 1.82) is 0 Å². The molecule has 0 heterocycles. The van der Waals surface area contributed by atoms with Crippen LogP contribution < -0.4 is 14.8 Å². The van der Waals surface area contributed by atoms with Crippen molar-refractivity contribution >= 4 is 47.0 Å². The second-order valence-electron chi connectivity index (χ2n) is 6.68. The van der Waals surface area contributed by atoms with Crippen molar-refractivity contribution in [3.8, 4) is 5.75 Å². The molecule has 1 amide bonds. The maximum absolute atomic E-state index is 12.8. The summed E-state index contributed by atoms with van der Waals surface area (Å²) >= 11 is 2.50. The summed E-state index contributed by atoms with van der Waals surface area (Å²) < 4.78 is 8.11. The minimum Gasteiger partial charge on any atom is -0.425 e. The Bertz CT molecular complexity index is 1000. The van der Waals surface area contributed by atoms with Crippen LogP contribution in [0.25, 0.3) is 0 Å². The summed E-state index contributed by atoms with van der Waals surface area (Å²) in [6.45, 7) is 1.45. The molecule has 2 N–H and O–H groups in total. The first-order chi connectivity index (χ1) is 15.7. The lowest BCUT2D eigenvalue weighted by molar-refractivity contribution is -0.387. The fourth-order valence-electron chi connectivity index (χ4n) is 2.52. The van der Waals surface area contributed by atoms with Gasteiger partial charge in [0.25, 0.3) is 11.4 Å². The van der Waals surface area contributed by atoms with Crippen LogP contribution in [0, 0.1) is 20.2 Å². The van der Waals surface area contributed by atoms with Gasteiger partial charge in [-0.2, -0.15) is 11.8 Å². The number of rotatable bonds is 12. The van der Waals surface area contributed by atoms with Crippen LogP contribution in [0.15, 0.2) is 53.4 Å². The van der Waals surface area contributed by atoms with E-state index in [0.717, 1.165) is 11.9 Å². The zero-order valence-electron chi connectivity index (χ0n) is 17.8. The van der Waals surface area contributed by atoms with Gasteiger partial charge in [-0.3, -0.25) is 25.0 Å². The zero-order chi connectivity index (χ0) is 24.4. The average Bonchev–Trinajstić information content (AvgIpc) is 2.79. The van der Waals surface area contributed by atoms with Crippen molar-refractivity contribution < 1.29 is 24.2 Å². The highest BCUT2D eigenvalue weighted by molar-refractivity contribution is 7.98. The van der Waals surface area contributed by atoms with Gasteiger partial charge in [0.05, 0.1) is 15.9 Å². The average molecular weight is 495 g/mol. The van der Waals surface area contributed by atoms with Crippen LogP contribution >= 0.6 is 23.7 Å². The maximum atomic E-state index is 12.8. The van der Waals surface area contributed by atoms with Gasteiger partial charge in [0, 0.05) is 18.2 Å². The lowest BCUT2D eigenvalue weighted by atomic mass is 10.2. The molecule has 0 fully saturated rings. The van der Waals surface area contributed by atoms with E-state index < -0.39 is 33.8 Å². The monoisotopic (exact) mass is 494 g/mol. The van der Waals surface area contributed by atoms with Crippen LogP contribution in [0.2, 0.25) is 0 Å². The number of nitrogens with one attached hydrogen (secondary N) is 2. The number of carbonyl (C=O) groups excluding carboxylic acids is 2. The van der Waals surface area contributed by atoms with Crippen molar-refractivity contribution in [2.75, 3.05) is 12.0 Å². The summed E-state index contributed by atoms with van der Waals surface area (Å²) in [4.78, 5) is 46.3. The van der Waals surface area contributed by atoms with E-state index in [4.69, 9.17) is 4.74 Å². The Morgan fingerprint density at radius 2 is 1.73 bits per heavy atom. The number of esters is 1. The molecule has 0 aliphatic rings. The molecule has 0 bridgehead atoms. The van der Waals surface area contributed by atoms with Gasteiger partial charge >= 0.3 is 5.97 Å². The van der Waals surface area contributed by atoms with E-state index >= 15 is 0 Å². The molecule has 0 aliphatic heterocycles. The molecule has 0 spiro atoms. The van der Waals surface area contributed by atoms with Gasteiger partial charge in [-0.1, -0.05) is 12.1 Å². The van der Waals surface area contributed by atoms with E-state index in [2.05, 4.69) is 10.0 Å². The van der Waals surface area contributed by atoms with Gasteiger partial charge in [0.1, 0.15) is 16.7 Å². The van der Waals surface area contributed by atoms with Crippen LogP contribution in [0.1, 0.15) is 13.3 Å². The van der Waals surface area contributed by atoms with Crippen LogP contribution in [0.4, 0.5) is 11.4 Å². The highest BCUT2D eigenvalue weighted by Gasteiger charge is 2.25. The third-order valence-electron chi connectivity index (χ3n) is 4.28. The van der Waals surface area contributed by atoms with Crippen molar-refractivity contribution in [3.63, 3.8) is 0 Å². The molecule has 11 nitrogen and oxygen atoms in total. The Morgan fingerprint density at radius 3 is 2.33 bits per heavy atom. The van der Waals surface area contributed by atoms with Gasteiger partial charge in [-0.05, 0) is 55.5 Å². The van der Waals surface area contributed by atoms with Crippen molar-refractivity contribution in [2.24, 2.45) is 0 Å². The molecular weight excluding hydrogens is 472 g/mol. The number of benzene rings is 2. The number of thioether (sulfide) groups is 1. The number of para-hydroxylation sites is 1. The molecule has 0 radical (unpaired) electrons. The molecule has 2 atom stereocenters. The first kappa shape index (κ1) is 26.1. The number of nitro groups is 2. The number of nitro benzene ring substituents is 2. The first-order valence-corrected chi connectivity index (χ1v) is 11.8. The van der Waals surface area contributed by atoms with Crippen molar-refractivity contribution in [2.45, 2.75) is 30.3 Å². The number of non-ortho nitro benzene ring substituents is 1. The highest BCUT2D eigenvalue weighted by Crippen LogP contribution is 2.27. The molecule has 0 aromatic heterocycles. The molecule has 33 heavy (non-hydrogen) atoms. The fraction of sp³-hybridized carbons (Fsp3) is 0.300. The van der Waals surface area contributed by atoms with E-state index in [0.29, 0.717) is 17.1 Å². The summed E-state index contributed by atoms with van der Waals surface area (Å²) in [5, 5.41) is 24.5. The number of amides is 1. The molecule has 2 aromatic rings. The largest absolute Gasteiger partial charge is 0.425 e. The number of nitrogens with zero attached hydrogens (tertiary/aromatic N) is 2. The van der Waals surface area contributed by atoms with Crippen LogP contribution in [0.3, 0.4) is 0 Å². The summed E-state index contributed by atoms with van der Waals surface area (Å²) in [7, 11) is 0. The molecule has 13 heteroatoms. The molecule has 2 rings (SSSR count). The second kappa shape index (κ2) is 12.8. The van der Waals surface area contributed by atoms with E-state index in [9.17, 15) is 29.8 Å². The van der Waals surface area contributed by atoms with Crippen LogP contribution in [-0.4, -0.2) is 45.8 Å². The molecular formula is C20H22N4O7S2. The van der Waals surface area contributed by atoms with Gasteiger partial charge in [0.15, 0.2) is 0 Å². The lowest BCUT2D eigenvalue weighted by Gasteiger charge is -2.20. The molecule has 0 saturated heterocycles. The van der Waals surface area contributed by atoms with Gasteiger partial charge in [-0.25, -0.2) is 9.52 Å². The minimum absolute atomic E-state index is 0.0842. The quantitative estimate of drug-likeness (QED) is 0.148. The van der Waals surface area contributed by atoms with Gasteiger partial charge in [0.2, 0.25) is 5.91 Å². The number of hydrogen-bond donors (Lipinski definition) is 2. The Kier molecular flexibility index (Phi) is 10.1. The lowest BCUT2D eigenvalue weighted by Crippen LogP contribution is -2.48. The number of hydrogen-bond acceptors (Lipinski definition) is 10. The van der Waals surface area contributed by atoms with E-state index in [1.54, 1.807) is 18.2 Å². The summed E-state index contributed by atoms with van der Waals surface area (Å²) in [5.41, 5.74) is -0.228. The van der Waals surface area contributed by atoms with Gasteiger partial charge < -0.3 is 10.1 Å². The maximum Gasteiger partial charge on any atom is 0.333 e.